The third-order valence-corrected chi connectivity index (χ3v) is 4.41. The molecule has 7 heteroatoms. The summed E-state index contributed by atoms with van der Waals surface area (Å²) in [7, 11) is 1.18. The highest BCUT2D eigenvalue weighted by molar-refractivity contribution is 5.95. The molecule has 25 heavy (non-hydrogen) atoms. The molecule has 3 rings (SSSR count). The van der Waals surface area contributed by atoms with E-state index in [0.29, 0.717) is 17.7 Å². The van der Waals surface area contributed by atoms with Crippen molar-refractivity contribution in [2.45, 2.75) is 25.5 Å². The number of nitro benzene ring substituents is 1. The number of nitrogens with one attached hydrogen (secondary N) is 1. The minimum absolute atomic E-state index is 0.115. The van der Waals surface area contributed by atoms with Gasteiger partial charge >= 0.3 is 5.97 Å². The predicted molar refractivity (Wildman–Crippen MR) is 91.7 cm³/mol. The number of hydrogen-bond donors (Lipinski definition) is 2. The molecular formula is C18H18N2O5. The number of hydrogen-bond acceptors (Lipinski definition) is 6. The molecule has 0 bridgehead atoms. The minimum Gasteiger partial charge on any atom is -0.465 e. The Labute approximate surface area is 144 Å². The van der Waals surface area contributed by atoms with Gasteiger partial charge in [0.2, 0.25) is 0 Å². The van der Waals surface area contributed by atoms with Crippen LogP contribution in [0.3, 0.4) is 0 Å². The number of aliphatic hydroxyl groups excluding tert-OH is 1. The second kappa shape index (κ2) is 6.52. The van der Waals surface area contributed by atoms with Crippen molar-refractivity contribution in [1.82, 2.24) is 0 Å². The fourth-order valence-electron chi connectivity index (χ4n) is 3.30. The number of aliphatic hydroxyl groups is 1. The van der Waals surface area contributed by atoms with E-state index in [1.165, 1.54) is 13.2 Å². The predicted octanol–water partition coefficient (Wildman–Crippen LogP) is 2.76. The van der Waals surface area contributed by atoms with Crippen LogP contribution in [0.25, 0.3) is 0 Å². The highest BCUT2D eigenvalue weighted by Gasteiger charge is 2.32. The van der Waals surface area contributed by atoms with E-state index in [9.17, 15) is 20.0 Å². The number of esters is 1. The fraction of sp³-hybridized carbons (Fsp3) is 0.278. The number of aryl methyl sites for hydroxylation is 1. The molecule has 2 N–H and O–H groups in total. The van der Waals surface area contributed by atoms with Crippen LogP contribution in [0.4, 0.5) is 11.4 Å². The molecule has 0 aromatic heterocycles. The third kappa shape index (κ3) is 3.06. The molecule has 7 nitrogen and oxygen atoms in total. The Morgan fingerprint density at radius 3 is 2.76 bits per heavy atom. The Morgan fingerprint density at radius 1 is 1.36 bits per heavy atom. The van der Waals surface area contributed by atoms with Crippen LogP contribution in [-0.2, 0) is 11.2 Å². The number of anilines is 1. The van der Waals surface area contributed by atoms with Gasteiger partial charge in [-0.05, 0) is 30.2 Å². The molecule has 1 aliphatic rings. The van der Waals surface area contributed by atoms with Crippen LogP contribution in [0.2, 0.25) is 0 Å². The molecule has 0 heterocycles. The van der Waals surface area contributed by atoms with E-state index in [1.54, 1.807) is 13.0 Å². The summed E-state index contributed by atoms with van der Waals surface area (Å²) in [5.74, 6) is -0.772. The Bertz CT molecular complexity index is 849. The van der Waals surface area contributed by atoms with Gasteiger partial charge < -0.3 is 15.2 Å². The highest BCUT2D eigenvalue weighted by Crippen LogP contribution is 2.36. The summed E-state index contributed by atoms with van der Waals surface area (Å²) >= 11 is 0. The zero-order valence-corrected chi connectivity index (χ0v) is 13.9. The quantitative estimate of drug-likeness (QED) is 0.503. The first kappa shape index (κ1) is 16.9. The lowest BCUT2D eigenvalue weighted by molar-refractivity contribution is -0.385. The van der Waals surface area contributed by atoms with Crippen molar-refractivity contribution >= 4 is 17.3 Å². The van der Waals surface area contributed by atoms with Crippen molar-refractivity contribution in [2.24, 2.45) is 0 Å². The molecule has 2 atom stereocenters. The topological polar surface area (TPSA) is 102 Å². The molecule has 0 amide bonds. The molecule has 2 aromatic carbocycles. The van der Waals surface area contributed by atoms with Crippen molar-refractivity contribution in [3.05, 3.63) is 68.8 Å². The van der Waals surface area contributed by atoms with Gasteiger partial charge in [-0.25, -0.2) is 4.79 Å². The van der Waals surface area contributed by atoms with Crippen molar-refractivity contribution in [1.29, 1.82) is 0 Å². The highest BCUT2D eigenvalue weighted by atomic mass is 16.6. The number of rotatable bonds is 4. The molecule has 0 radical (unpaired) electrons. The van der Waals surface area contributed by atoms with Gasteiger partial charge in [-0.3, -0.25) is 10.1 Å². The Morgan fingerprint density at radius 2 is 2.08 bits per heavy atom. The average Bonchev–Trinajstić information content (AvgIpc) is 2.89. The SMILES string of the molecule is COC(=O)c1cc(N[C@H]2c3ccccc3C[C@H]2O)cc(C)c1[N+](=O)[O-]. The van der Waals surface area contributed by atoms with Crippen LogP contribution in [0, 0.1) is 17.0 Å². The number of benzene rings is 2. The van der Waals surface area contributed by atoms with Crippen molar-refractivity contribution in [3.8, 4) is 0 Å². The van der Waals surface area contributed by atoms with Crippen LogP contribution in [0.1, 0.15) is 33.1 Å². The molecule has 0 unspecified atom stereocenters. The van der Waals surface area contributed by atoms with Crippen molar-refractivity contribution in [2.75, 3.05) is 12.4 Å². The maximum absolute atomic E-state index is 11.9. The van der Waals surface area contributed by atoms with E-state index in [1.807, 2.05) is 24.3 Å². The zero-order chi connectivity index (χ0) is 18.1. The van der Waals surface area contributed by atoms with E-state index < -0.39 is 17.0 Å². The standard InChI is InChI=1S/C18H18N2O5/c1-10-7-12(9-14(18(22)25-2)17(10)20(23)24)19-16-13-6-4-3-5-11(13)8-15(16)21/h3-7,9,15-16,19,21H,8H2,1-2H3/t15-,16+/m1/s1. The number of nitrogens with zero attached hydrogens (tertiary/aromatic N) is 1. The van der Waals surface area contributed by atoms with E-state index in [2.05, 4.69) is 10.1 Å². The lowest BCUT2D eigenvalue weighted by Gasteiger charge is -2.20. The summed E-state index contributed by atoms with van der Waals surface area (Å²) in [4.78, 5) is 22.6. The minimum atomic E-state index is -0.772. The number of nitro groups is 1. The second-order valence-corrected chi connectivity index (χ2v) is 6.03. The van der Waals surface area contributed by atoms with Gasteiger partial charge in [0.05, 0.1) is 24.2 Å². The van der Waals surface area contributed by atoms with Gasteiger partial charge in [0, 0.05) is 17.7 Å². The van der Waals surface area contributed by atoms with Gasteiger partial charge in [0.1, 0.15) is 5.56 Å². The lowest BCUT2D eigenvalue weighted by atomic mass is 10.0. The number of carbonyl (C=O) groups is 1. The van der Waals surface area contributed by atoms with E-state index in [4.69, 9.17) is 0 Å². The zero-order valence-electron chi connectivity index (χ0n) is 13.9. The lowest BCUT2D eigenvalue weighted by Crippen LogP contribution is -2.21. The van der Waals surface area contributed by atoms with Crippen LogP contribution >= 0.6 is 0 Å². The molecular weight excluding hydrogens is 324 g/mol. The average molecular weight is 342 g/mol. The Hall–Kier alpha value is -2.93. The first-order chi connectivity index (χ1) is 11.9. The summed E-state index contributed by atoms with van der Waals surface area (Å²) in [5, 5.41) is 24.8. The van der Waals surface area contributed by atoms with E-state index in [0.717, 1.165) is 11.1 Å². The van der Waals surface area contributed by atoms with Crippen molar-refractivity contribution < 1.29 is 19.6 Å². The van der Waals surface area contributed by atoms with Crippen molar-refractivity contribution in [3.63, 3.8) is 0 Å². The normalized spacial score (nSPS) is 18.5. The molecule has 0 spiro atoms. The summed E-state index contributed by atoms with van der Waals surface area (Å²) in [6.45, 7) is 1.56. The Balaban J connectivity index is 2.00. The van der Waals surface area contributed by atoms with Gasteiger partial charge in [-0.15, -0.1) is 0 Å². The number of methoxy groups -OCH3 is 1. The summed E-state index contributed by atoms with van der Waals surface area (Å²) < 4.78 is 4.66. The molecule has 2 aromatic rings. The monoisotopic (exact) mass is 342 g/mol. The summed E-state index contributed by atoms with van der Waals surface area (Å²) in [6.07, 6.45) is -0.0848. The third-order valence-electron chi connectivity index (χ3n) is 4.41. The second-order valence-electron chi connectivity index (χ2n) is 6.03. The van der Waals surface area contributed by atoms with Crippen LogP contribution in [0.5, 0.6) is 0 Å². The first-order valence-electron chi connectivity index (χ1n) is 7.82. The van der Waals surface area contributed by atoms with Gasteiger partial charge in [0.15, 0.2) is 0 Å². The summed E-state index contributed by atoms with van der Waals surface area (Å²) in [5.41, 5.74) is 2.51. The van der Waals surface area contributed by atoms with Crippen LogP contribution in [-0.4, -0.2) is 29.2 Å². The van der Waals surface area contributed by atoms with Gasteiger partial charge in [0.25, 0.3) is 5.69 Å². The molecule has 0 fully saturated rings. The maximum Gasteiger partial charge on any atom is 0.344 e. The number of ether oxygens (including phenoxy) is 1. The molecule has 130 valence electrons. The van der Waals surface area contributed by atoms with Crippen LogP contribution < -0.4 is 5.32 Å². The Kier molecular flexibility index (Phi) is 4.41. The molecule has 1 aliphatic carbocycles. The van der Waals surface area contributed by atoms with E-state index in [-0.39, 0.29) is 17.3 Å². The molecule has 0 aliphatic heterocycles. The summed E-state index contributed by atoms with van der Waals surface area (Å²) in [6, 6.07) is 10.3. The molecule has 0 saturated carbocycles. The number of fused-ring (bicyclic) bond motifs is 1. The van der Waals surface area contributed by atoms with Gasteiger partial charge in [-0.1, -0.05) is 24.3 Å². The smallest absolute Gasteiger partial charge is 0.344 e. The van der Waals surface area contributed by atoms with Gasteiger partial charge in [-0.2, -0.15) is 0 Å². The molecule has 0 saturated heterocycles. The fourth-order valence-corrected chi connectivity index (χ4v) is 3.30. The first-order valence-corrected chi connectivity index (χ1v) is 7.82. The largest absolute Gasteiger partial charge is 0.465 e. The van der Waals surface area contributed by atoms with E-state index >= 15 is 0 Å². The van der Waals surface area contributed by atoms with Crippen LogP contribution in [0.15, 0.2) is 36.4 Å². The maximum atomic E-state index is 11.9. The number of carbonyl (C=O) groups excluding carboxylic acids is 1.